The van der Waals surface area contributed by atoms with Gasteiger partial charge in [-0.05, 0) is 41.0 Å². The van der Waals surface area contributed by atoms with Crippen molar-refractivity contribution in [3.05, 3.63) is 15.4 Å². The molecule has 0 fully saturated rings. The van der Waals surface area contributed by atoms with Gasteiger partial charge in [-0.3, -0.25) is 0 Å². The highest BCUT2D eigenvalue weighted by molar-refractivity contribution is 9.11. The number of aryl methyl sites for hydroxylation is 1. The van der Waals surface area contributed by atoms with Gasteiger partial charge in [0.1, 0.15) is 4.21 Å². The van der Waals surface area contributed by atoms with Crippen LogP contribution in [0.1, 0.15) is 12.5 Å². The molecular formula is C9H15BrN2O2S2. The first-order valence-electron chi connectivity index (χ1n) is 4.93. The summed E-state index contributed by atoms with van der Waals surface area (Å²) in [7, 11) is -3.34. The Morgan fingerprint density at radius 3 is 2.62 bits per heavy atom. The van der Waals surface area contributed by atoms with Gasteiger partial charge in [-0.1, -0.05) is 6.92 Å². The molecule has 0 saturated carbocycles. The Labute approximate surface area is 109 Å². The van der Waals surface area contributed by atoms with E-state index in [2.05, 4.69) is 26.0 Å². The molecule has 0 spiro atoms. The first kappa shape index (κ1) is 14.1. The molecule has 0 bridgehead atoms. The predicted octanol–water partition coefficient (Wildman–Crippen LogP) is 1.71. The Hall–Kier alpha value is 0.0500. The van der Waals surface area contributed by atoms with Crippen LogP contribution in [0.15, 0.2) is 14.1 Å². The molecule has 0 atom stereocenters. The number of hydrogen-bond acceptors (Lipinski definition) is 4. The highest BCUT2D eigenvalue weighted by atomic mass is 79.9. The van der Waals surface area contributed by atoms with Crippen molar-refractivity contribution in [1.82, 2.24) is 10.0 Å². The number of sulfonamides is 1. The highest BCUT2D eigenvalue weighted by Crippen LogP contribution is 2.30. The molecule has 0 aliphatic carbocycles. The molecule has 1 rings (SSSR count). The molecule has 0 amide bonds. The Bertz CT molecular complexity index is 423. The zero-order valence-corrected chi connectivity index (χ0v) is 12.4. The van der Waals surface area contributed by atoms with Gasteiger partial charge in [0.2, 0.25) is 10.0 Å². The fourth-order valence-electron chi connectivity index (χ4n) is 1.09. The van der Waals surface area contributed by atoms with Crippen LogP contribution in [-0.2, 0) is 10.0 Å². The number of rotatable bonds is 6. The number of likely N-dealkylation sites (N-methyl/N-ethyl adjacent to an activating group) is 1. The second kappa shape index (κ2) is 6.11. The van der Waals surface area contributed by atoms with E-state index < -0.39 is 10.0 Å². The van der Waals surface area contributed by atoms with Crippen molar-refractivity contribution >= 4 is 37.3 Å². The van der Waals surface area contributed by atoms with E-state index in [9.17, 15) is 8.42 Å². The lowest BCUT2D eigenvalue weighted by atomic mass is 10.4. The van der Waals surface area contributed by atoms with Gasteiger partial charge in [0.15, 0.2) is 0 Å². The van der Waals surface area contributed by atoms with Crippen molar-refractivity contribution in [2.75, 3.05) is 19.6 Å². The third-order valence-corrected chi connectivity index (χ3v) is 6.01. The van der Waals surface area contributed by atoms with Crippen molar-refractivity contribution in [3.8, 4) is 0 Å². The van der Waals surface area contributed by atoms with Crippen LogP contribution in [0.4, 0.5) is 0 Å². The average Bonchev–Trinajstić information content (AvgIpc) is 2.55. The smallest absolute Gasteiger partial charge is 0.250 e. The maximum absolute atomic E-state index is 11.8. The molecule has 7 heteroatoms. The van der Waals surface area contributed by atoms with E-state index in [4.69, 9.17) is 0 Å². The summed E-state index contributed by atoms with van der Waals surface area (Å²) in [6.07, 6.45) is 0. The predicted molar refractivity (Wildman–Crippen MR) is 70.5 cm³/mol. The van der Waals surface area contributed by atoms with E-state index in [-0.39, 0.29) is 0 Å². The van der Waals surface area contributed by atoms with Gasteiger partial charge in [0, 0.05) is 13.1 Å². The quantitative estimate of drug-likeness (QED) is 0.782. The van der Waals surface area contributed by atoms with Gasteiger partial charge in [-0.25, -0.2) is 13.1 Å². The number of hydrogen-bond donors (Lipinski definition) is 2. The molecule has 1 aromatic heterocycles. The molecule has 4 nitrogen and oxygen atoms in total. The molecule has 0 aliphatic heterocycles. The summed E-state index contributed by atoms with van der Waals surface area (Å²) in [5.74, 6) is 0. The summed E-state index contributed by atoms with van der Waals surface area (Å²) in [6, 6.07) is 1.67. The van der Waals surface area contributed by atoms with E-state index in [1.807, 2.05) is 13.8 Å². The molecule has 0 unspecified atom stereocenters. The summed E-state index contributed by atoms with van der Waals surface area (Å²) >= 11 is 4.55. The third kappa shape index (κ3) is 3.81. The summed E-state index contributed by atoms with van der Waals surface area (Å²) in [5, 5.41) is 3.06. The van der Waals surface area contributed by atoms with E-state index in [0.29, 0.717) is 17.3 Å². The summed E-state index contributed by atoms with van der Waals surface area (Å²) in [4.78, 5) is 0. The van der Waals surface area contributed by atoms with E-state index in [0.717, 1.165) is 15.9 Å². The lowest BCUT2D eigenvalue weighted by Crippen LogP contribution is -2.31. The summed E-state index contributed by atoms with van der Waals surface area (Å²) in [5.41, 5.74) is 0.942. The van der Waals surface area contributed by atoms with Gasteiger partial charge >= 0.3 is 0 Å². The van der Waals surface area contributed by atoms with Crippen LogP contribution in [0.25, 0.3) is 0 Å². The monoisotopic (exact) mass is 326 g/mol. The minimum absolute atomic E-state index is 0.355. The van der Waals surface area contributed by atoms with Gasteiger partial charge in [0.25, 0.3) is 0 Å². The fraction of sp³-hybridized carbons (Fsp3) is 0.556. The molecule has 92 valence electrons. The standard InChI is InChI=1S/C9H15BrN2O2S2/c1-3-11-4-5-12-16(13,14)8-6-7(2)9(10)15-8/h6,11-12H,3-5H2,1-2H3. The Balaban J connectivity index is 2.64. The van der Waals surface area contributed by atoms with Crippen molar-refractivity contribution in [1.29, 1.82) is 0 Å². The summed E-state index contributed by atoms with van der Waals surface area (Å²) in [6.45, 7) is 5.74. The maximum Gasteiger partial charge on any atom is 0.250 e. The zero-order valence-electron chi connectivity index (χ0n) is 9.21. The van der Waals surface area contributed by atoms with E-state index in [1.54, 1.807) is 6.07 Å². The molecule has 0 radical (unpaired) electrons. The van der Waals surface area contributed by atoms with Crippen LogP contribution in [0.3, 0.4) is 0 Å². The van der Waals surface area contributed by atoms with Crippen molar-refractivity contribution < 1.29 is 8.42 Å². The zero-order chi connectivity index (χ0) is 12.2. The van der Waals surface area contributed by atoms with Crippen LogP contribution < -0.4 is 10.0 Å². The number of nitrogens with one attached hydrogen (secondary N) is 2. The SMILES string of the molecule is CCNCCNS(=O)(=O)c1cc(C)c(Br)s1. The first-order valence-corrected chi connectivity index (χ1v) is 8.03. The molecule has 0 aromatic carbocycles. The lowest BCUT2D eigenvalue weighted by molar-refractivity contribution is 0.579. The minimum atomic E-state index is -3.34. The highest BCUT2D eigenvalue weighted by Gasteiger charge is 2.17. The normalized spacial score (nSPS) is 11.9. The molecule has 0 saturated heterocycles. The Kier molecular flexibility index (Phi) is 5.39. The molecule has 1 heterocycles. The lowest BCUT2D eigenvalue weighted by Gasteiger charge is -2.04. The minimum Gasteiger partial charge on any atom is -0.316 e. The third-order valence-electron chi connectivity index (χ3n) is 1.94. The van der Waals surface area contributed by atoms with Crippen molar-refractivity contribution in [2.24, 2.45) is 0 Å². The van der Waals surface area contributed by atoms with Crippen LogP contribution in [0, 0.1) is 6.92 Å². The van der Waals surface area contributed by atoms with Gasteiger partial charge in [-0.15, -0.1) is 11.3 Å². The van der Waals surface area contributed by atoms with Crippen LogP contribution in [-0.4, -0.2) is 28.1 Å². The largest absolute Gasteiger partial charge is 0.316 e. The second-order valence-corrected chi connectivity index (χ2v) is 7.64. The molecular weight excluding hydrogens is 312 g/mol. The maximum atomic E-state index is 11.8. The van der Waals surface area contributed by atoms with Crippen LogP contribution in [0.2, 0.25) is 0 Å². The molecule has 0 aliphatic rings. The van der Waals surface area contributed by atoms with Crippen LogP contribution in [0.5, 0.6) is 0 Å². The molecule has 1 aromatic rings. The second-order valence-electron chi connectivity index (χ2n) is 3.27. The van der Waals surface area contributed by atoms with Crippen molar-refractivity contribution in [2.45, 2.75) is 18.1 Å². The Morgan fingerprint density at radius 1 is 1.44 bits per heavy atom. The average molecular weight is 327 g/mol. The number of halogens is 1. The van der Waals surface area contributed by atoms with E-state index >= 15 is 0 Å². The molecule has 2 N–H and O–H groups in total. The number of thiophene rings is 1. The first-order chi connectivity index (χ1) is 7.47. The molecule has 16 heavy (non-hydrogen) atoms. The summed E-state index contributed by atoms with van der Waals surface area (Å²) < 4.78 is 27.4. The van der Waals surface area contributed by atoms with Crippen molar-refractivity contribution in [3.63, 3.8) is 0 Å². The van der Waals surface area contributed by atoms with E-state index in [1.165, 1.54) is 11.3 Å². The topological polar surface area (TPSA) is 58.2 Å². The van der Waals surface area contributed by atoms with Gasteiger partial charge < -0.3 is 5.32 Å². The Morgan fingerprint density at radius 2 is 2.12 bits per heavy atom. The van der Waals surface area contributed by atoms with Gasteiger partial charge in [0.05, 0.1) is 3.79 Å². The van der Waals surface area contributed by atoms with Crippen LogP contribution >= 0.6 is 27.3 Å². The fourth-order valence-corrected chi connectivity index (χ4v) is 4.39. The van der Waals surface area contributed by atoms with Gasteiger partial charge in [-0.2, -0.15) is 0 Å².